The quantitative estimate of drug-likeness (QED) is 0.772. The van der Waals surface area contributed by atoms with Gasteiger partial charge < -0.3 is 19.3 Å². The van der Waals surface area contributed by atoms with Gasteiger partial charge in [0.15, 0.2) is 12.1 Å². The van der Waals surface area contributed by atoms with Crippen molar-refractivity contribution in [3.8, 4) is 0 Å². The maximum Gasteiger partial charge on any atom is 0.187 e. The van der Waals surface area contributed by atoms with Gasteiger partial charge in [0, 0.05) is 5.92 Å². The molecule has 0 bridgehead atoms. The van der Waals surface area contributed by atoms with Crippen molar-refractivity contribution in [1.29, 1.82) is 0 Å². The van der Waals surface area contributed by atoms with Gasteiger partial charge in [-0.25, -0.2) is 0 Å². The van der Waals surface area contributed by atoms with Crippen LogP contribution in [0.25, 0.3) is 0 Å². The summed E-state index contributed by atoms with van der Waals surface area (Å²) in [6.45, 7) is 5.96. The van der Waals surface area contributed by atoms with Crippen molar-refractivity contribution in [3.63, 3.8) is 0 Å². The highest BCUT2D eigenvalue weighted by Gasteiger charge is 2.53. The predicted octanol–water partition coefficient (Wildman–Crippen LogP) is 1.27. The fourth-order valence-corrected chi connectivity index (χ4v) is 2.50. The molecule has 2 saturated heterocycles. The zero-order valence-electron chi connectivity index (χ0n) is 9.60. The van der Waals surface area contributed by atoms with Crippen molar-refractivity contribution in [2.75, 3.05) is 6.61 Å². The Balaban J connectivity index is 2.07. The van der Waals surface area contributed by atoms with Gasteiger partial charge in [-0.1, -0.05) is 13.3 Å². The molecule has 0 aromatic rings. The first kappa shape index (κ1) is 11.3. The Labute approximate surface area is 90.5 Å². The van der Waals surface area contributed by atoms with Crippen LogP contribution in [0.4, 0.5) is 0 Å². The van der Waals surface area contributed by atoms with E-state index in [2.05, 4.69) is 6.92 Å². The molecule has 0 aliphatic carbocycles. The Kier molecular flexibility index (Phi) is 3.03. The van der Waals surface area contributed by atoms with Gasteiger partial charge in [-0.15, -0.1) is 0 Å². The summed E-state index contributed by atoms with van der Waals surface area (Å²) in [7, 11) is 0. The third-order valence-corrected chi connectivity index (χ3v) is 3.10. The lowest BCUT2D eigenvalue weighted by Gasteiger charge is -2.24. The lowest BCUT2D eigenvalue weighted by molar-refractivity contribution is -0.213. The highest BCUT2D eigenvalue weighted by Crippen LogP contribution is 2.42. The monoisotopic (exact) mass is 216 g/mol. The van der Waals surface area contributed by atoms with Gasteiger partial charge in [0.2, 0.25) is 0 Å². The summed E-state index contributed by atoms with van der Waals surface area (Å²) in [6.07, 6.45) is 1.63. The Morgan fingerprint density at radius 3 is 2.60 bits per heavy atom. The first-order valence-corrected chi connectivity index (χ1v) is 5.69. The standard InChI is InChI=1S/C11H20O4/c1-4-5-7-8(6-12)13-10-9(7)14-11(2,3)15-10/h7-10,12H,4-6H2,1-3H3/t7-,8-,9-,10-/m1/s1. The Morgan fingerprint density at radius 1 is 1.27 bits per heavy atom. The smallest absolute Gasteiger partial charge is 0.187 e. The summed E-state index contributed by atoms with van der Waals surface area (Å²) in [6, 6.07) is 0. The molecule has 0 radical (unpaired) electrons. The molecule has 0 amide bonds. The van der Waals surface area contributed by atoms with Crippen molar-refractivity contribution in [3.05, 3.63) is 0 Å². The molecule has 2 aliphatic rings. The van der Waals surface area contributed by atoms with Crippen molar-refractivity contribution in [1.82, 2.24) is 0 Å². The van der Waals surface area contributed by atoms with Crippen molar-refractivity contribution >= 4 is 0 Å². The summed E-state index contributed by atoms with van der Waals surface area (Å²) in [4.78, 5) is 0. The van der Waals surface area contributed by atoms with Gasteiger partial charge >= 0.3 is 0 Å². The number of aliphatic hydroxyl groups is 1. The van der Waals surface area contributed by atoms with Crippen LogP contribution in [0.2, 0.25) is 0 Å². The highest BCUT2D eigenvalue weighted by molar-refractivity contribution is 4.92. The molecule has 2 fully saturated rings. The first-order chi connectivity index (χ1) is 7.07. The number of aliphatic hydroxyl groups excluding tert-OH is 1. The molecular formula is C11H20O4. The Bertz CT molecular complexity index is 229. The normalized spacial score (nSPS) is 43.2. The molecule has 15 heavy (non-hydrogen) atoms. The molecule has 2 heterocycles. The maximum atomic E-state index is 9.21. The van der Waals surface area contributed by atoms with E-state index in [-0.39, 0.29) is 31.0 Å². The van der Waals surface area contributed by atoms with Crippen molar-refractivity contribution in [2.24, 2.45) is 5.92 Å². The van der Waals surface area contributed by atoms with Crippen LogP contribution in [0.15, 0.2) is 0 Å². The molecule has 88 valence electrons. The van der Waals surface area contributed by atoms with Crippen LogP contribution in [0.1, 0.15) is 33.6 Å². The molecule has 0 aromatic heterocycles. The summed E-state index contributed by atoms with van der Waals surface area (Å²) in [5, 5.41) is 9.21. The molecule has 4 nitrogen and oxygen atoms in total. The second-order valence-corrected chi connectivity index (χ2v) is 4.78. The molecule has 0 spiro atoms. The van der Waals surface area contributed by atoms with Gasteiger partial charge in [0.25, 0.3) is 0 Å². The van der Waals surface area contributed by atoms with Gasteiger partial charge in [-0.05, 0) is 20.3 Å². The van der Waals surface area contributed by atoms with E-state index >= 15 is 0 Å². The van der Waals surface area contributed by atoms with Crippen LogP contribution < -0.4 is 0 Å². The lowest BCUT2D eigenvalue weighted by Crippen LogP contribution is -2.31. The van der Waals surface area contributed by atoms with E-state index in [4.69, 9.17) is 14.2 Å². The topological polar surface area (TPSA) is 47.9 Å². The van der Waals surface area contributed by atoms with Crippen LogP contribution in [-0.2, 0) is 14.2 Å². The Hall–Kier alpha value is -0.160. The third kappa shape index (κ3) is 2.04. The molecular weight excluding hydrogens is 196 g/mol. The van der Waals surface area contributed by atoms with E-state index in [1.54, 1.807) is 0 Å². The van der Waals surface area contributed by atoms with Crippen LogP contribution in [0, 0.1) is 5.92 Å². The number of hydrogen-bond acceptors (Lipinski definition) is 4. The SMILES string of the molecule is CCC[C@H]1[C@H]2OC(C)(C)O[C@H]2O[C@@H]1CO. The van der Waals surface area contributed by atoms with Crippen LogP contribution >= 0.6 is 0 Å². The van der Waals surface area contributed by atoms with Gasteiger partial charge in [-0.2, -0.15) is 0 Å². The van der Waals surface area contributed by atoms with E-state index in [9.17, 15) is 5.11 Å². The van der Waals surface area contributed by atoms with Crippen molar-refractivity contribution in [2.45, 2.75) is 57.9 Å². The first-order valence-electron chi connectivity index (χ1n) is 5.69. The van der Waals surface area contributed by atoms with E-state index < -0.39 is 5.79 Å². The summed E-state index contributed by atoms with van der Waals surface area (Å²) >= 11 is 0. The lowest BCUT2D eigenvalue weighted by atomic mass is 9.94. The molecule has 4 heteroatoms. The Morgan fingerprint density at radius 2 is 2.00 bits per heavy atom. The zero-order valence-corrected chi connectivity index (χ0v) is 9.60. The molecule has 2 rings (SSSR count). The van der Waals surface area contributed by atoms with Crippen LogP contribution in [0.5, 0.6) is 0 Å². The predicted molar refractivity (Wildman–Crippen MR) is 54.2 cm³/mol. The molecule has 0 unspecified atom stereocenters. The number of hydrogen-bond donors (Lipinski definition) is 1. The second kappa shape index (κ2) is 4.01. The van der Waals surface area contributed by atoms with Crippen LogP contribution in [-0.4, -0.2) is 36.0 Å². The minimum atomic E-state index is -0.554. The van der Waals surface area contributed by atoms with Gasteiger partial charge in [-0.3, -0.25) is 0 Å². The zero-order chi connectivity index (χ0) is 11.1. The molecule has 4 atom stereocenters. The van der Waals surface area contributed by atoms with Crippen molar-refractivity contribution < 1.29 is 19.3 Å². The van der Waals surface area contributed by atoms with Crippen LogP contribution in [0.3, 0.4) is 0 Å². The molecule has 0 saturated carbocycles. The molecule has 1 N–H and O–H groups in total. The van der Waals surface area contributed by atoms with E-state index in [1.807, 2.05) is 13.8 Å². The van der Waals surface area contributed by atoms with E-state index in [0.29, 0.717) is 0 Å². The van der Waals surface area contributed by atoms with Gasteiger partial charge in [0.1, 0.15) is 6.10 Å². The fourth-order valence-electron chi connectivity index (χ4n) is 2.50. The highest BCUT2D eigenvalue weighted by atomic mass is 16.8. The molecule has 2 aliphatic heterocycles. The summed E-state index contributed by atoms with van der Waals surface area (Å²) in [5.74, 6) is -0.298. The third-order valence-electron chi connectivity index (χ3n) is 3.10. The van der Waals surface area contributed by atoms with E-state index in [0.717, 1.165) is 12.8 Å². The molecule has 0 aromatic carbocycles. The summed E-state index contributed by atoms with van der Waals surface area (Å²) in [5.41, 5.74) is 0. The number of ether oxygens (including phenoxy) is 3. The number of fused-ring (bicyclic) bond motifs is 1. The minimum absolute atomic E-state index is 0.0166. The maximum absolute atomic E-state index is 9.21. The van der Waals surface area contributed by atoms with E-state index in [1.165, 1.54) is 0 Å². The summed E-state index contributed by atoms with van der Waals surface area (Å²) < 4.78 is 17.1. The minimum Gasteiger partial charge on any atom is -0.394 e. The largest absolute Gasteiger partial charge is 0.394 e. The second-order valence-electron chi connectivity index (χ2n) is 4.78. The average Bonchev–Trinajstić information content (AvgIpc) is 2.60. The fraction of sp³-hybridized carbons (Fsp3) is 1.00. The number of rotatable bonds is 3. The average molecular weight is 216 g/mol. The van der Waals surface area contributed by atoms with Gasteiger partial charge in [0.05, 0.1) is 12.7 Å².